The van der Waals surface area contributed by atoms with Crippen LogP contribution in [0.25, 0.3) is 11.3 Å². The van der Waals surface area contributed by atoms with Crippen molar-refractivity contribution in [2.24, 2.45) is 7.05 Å². The van der Waals surface area contributed by atoms with Gasteiger partial charge in [0.1, 0.15) is 23.3 Å². The number of aromatic nitrogens is 4. The van der Waals surface area contributed by atoms with E-state index in [1.807, 2.05) is 23.1 Å². The molecule has 4 rings (SSSR count). The van der Waals surface area contributed by atoms with Crippen molar-refractivity contribution in [3.8, 4) is 28.6 Å². The Morgan fingerprint density at radius 2 is 1.90 bits per heavy atom. The lowest BCUT2D eigenvalue weighted by molar-refractivity contribution is 0.0577. The molecule has 2 aromatic heterocycles. The van der Waals surface area contributed by atoms with Crippen molar-refractivity contribution in [1.82, 2.24) is 24.6 Å². The lowest BCUT2D eigenvalue weighted by atomic mass is 10.1. The van der Waals surface area contributed by atoms with E-state index in [9.17, 15) is 4.79 Å². The van der Waals surface area contributed by atoms with Gasteiger partial charge in [0.05, 0.1) is 26.1 Å². The fraction of sp³-hybridized carbons (Fsp3) is 0.364. The van der Waals surface area contributed by atoms with E-state index in [0.717, 1.165) is 18.4 Å². The molecule has 162 valence electrons. The fourth-order valence-electron chi connectivity index (χ4n) is 3.67. The van der Waals surface area contributed by atoms with E-state index in [-0.39, 0.29) is 12.0 Å². The van der Waals surface area contributed by atoms with Crippen LogP contribution in [0.3, 0.4) is 0 Å². The van der Waals surface area contributed by atoms with E-state index in [1.54, 1.807) is 50.6 Å². The van der Waals surface area contributed by atoms with Crippen LogP contribution in [-0.2, 0) is 7.05 Å². The van der Waals surface area contributed by atoms with Crippen LogP contribution in [0.1, 0.15) is 23.3 Å². The maximum atomic E-state index is 13.2. The molecule has 0 N–H and O–H groups in total. The summed E-state index contributed by atoms with van der Waals surface area (Å²) in [7, 11) is 4.98. The van der Waals surface area contributed by atoms with Gasteiger partial charge < -0.3 is 19.1 Å². The van der Waals surface area contributed by atoms with Gasteiger partial charge in [0.2, 0.25) is 5.88 Å². The van der Waals surface area contributed by atoms with Crippen molar-refractivity contribution in [2.75, 3.05) is 27.3 Å². The molecule has 0 saturated carbocycles. The molecule has 0 unspecified atom stereocenters. The minimum atomic E-state index is -0.0546. The second-order valence-electron chi connectivity index (χ2n) is 7.26. The highest BCUT2D eigenvalue weighted by molar-refractivity contribution is 5.94. The number of piperidine rings is 1. The molecular formula is C22H25N5O4. The number of aryl methyl sites for hydroxylation is 1. The Morgan fingerprint density at radius 3 is 2.58 bits per heavy atom. The van der Waals surface area contributed by atoms with Crippen molar-refractivity contribution in [3.63, 3.8) is 0 Å². The zero-order valence-corrected chi connectivity index (χ0v) is 17.8. The summed E-state index contributed by atoms with van der Waals surface area (Å²) >= 11 is 0. The molecule has 1 aromatic carbocycles. The summed E-state index contributed by atoms with van der Waals surface area (Å²) in [6.45, 7) is 1.21. The number of amides is 1. The van der Waals surface area contributed by atoms with E-state index in [1.165, 1.54) is 0 Å². The molecule has 31 heavy (non-hydrogen) atoms. The van der Waals surface area contributed by atoms with Gasteiger partial charge in [-0.15, -0.1) is 0 Å². The number of rotatable bonds is 6. The highest BCUT2D eigenvalue weighted by Crippen LogP contribution is 2.33. The molecule has 1 fully saturated rings. The fourth-order valence-corrected chi connectivity index (χ4v) is 3.67. The molecule has 1 amide bonds. The van der Waals surface area contributed by atoms with Gasteiger partial charge in [-0.05, 0) is 24.3 Å². The Morgan fingerprint density at radius 1 is 1.10 bits per heavy atom. The molecular weight excluding hydrogens is 398 g/mol. The van der Waals surface area contributed by atoms with Gasteiger partial charge in [-0.1, -0.05) is 0 Å². The van der Waals surface area contributed by atoms with Crippen LogP contribution >= 0.6 is 0 Å². The molecule has 0 aliphatic carbocycles. The molecule has 3 heterocycles. The first-order chi connectivity index (χ1) is 15.1. The van der Waals surface area contributed by atoms with Crippen LogP contribution < -0.4 is 14.2 Å². The Hall–Kier alpha value is -3.62. The summed E-state index contributed by atoms with van der Waals surface area (Å²) < 4.78 is 18.3. The van der Waals surface area contributed by atoms with Gasteiger partial charge in [0, 0.05) is 50.9 Å². The second kappa shape index (κ2) is 9.03. The van der Waals surface area contributed by atoms with Gasteiger partial charge in [-0.2, -0.15) is 5.10 Å². The normalized spacial score (nSPS) is 14.4. The predicted molar refractivity (Wildman–Crippen MR) is 113 cm³/mol. The summed E-state index contributed by atoms with van der Waals surface area (Å²) in [4.78, 5) is 23.1. The minimum Gasteiger partial charge on any atom is -0.497 e. The molecule has 1 aliphatic rings. The average Bonchev–Trinajstić information content (AvgIpc) is 3.20. The van der Waals surface area contributed by atoms with Crippen LogP contribution in [0.15, 0.2) is 42.9 Å². The van der Waals surface area contributed by atoms with Gasteiger partial charge in [-0.25, -0.2) is 4.98 Å². The summed E-state index contributed by atoms with van der Waals surface area (Å²) in [5, 5.41) is 4.55. The van der Waals surface area contributed by atoms with Gasteiger partial charge in [-0.3, -0.25) is 14.5 Å². The minimum absolute atomic E-state index is 0.0175. The van der Waals surface area contributed by atoms with Crippen LogP contribution in [0.2, 0.25) is 0 Å². The number of likely N-dealkylation sites (tertiary alicyclic amines) is 1. The molecule has 9 heteroatoms. The highest BCUT2D eigenvalue weighted by atomic mass is 16.5. The van der Waals surface area contributed by atoms with Crippen LogP contribution in [0, 0.1) is 0 Å². The lowest BCUT2D eigenvalue weighted by Crippen LogP contribution is -2.42. The van der Waals surface area contributed by atoms with E-state index in [4.69, 9.17) is 14.2 Å². The zero-order chi connectivity index (χ0) is 21.8. The van der Waals surface area contributed by atoms with E-state index in [2.05, 4.69) is 15.1 Å². The van der Waals surface area contributed by atoms with Gasteiger partial charge in [0.25, 0.3) is 5.91 Å². The quantitative estimate of drug-likeness (QED) is 0.602. The molecule has 0 bridgehead atoms. The van der Waals surface area contributed by atoms with Gasteiger partial charge >= 0.3 is 0 Å². The average molecular weight is 423 g/mol. The monoisotopic (exact) mass is 423 g/mol. The Bertz CT molecular complexity index is 1050. The van der Waals surface area contributed by atoms with Crippen LogP contribution in [0.5, 0.6) is 17.4 Å². The maximum absolute atomic E-state index is 13.2. The topological polar surface area (TPSA) is 91.6 Å². The zero-order valence-electron chi connectivity index (χ0n) is 17.8. The molecule has 9 nitrogen and oxygen atoms in total. The summed E-state index contributed by atoms with van der Waals surface area (Å²) in [5.41, 5.74) is 1.95. The number of hydrogen-bond donors (Lipinski definition) is 0. The number of carbonyl (C=O) groups is 1. The van der Waals surface area contributed by atoms with Crippen molar-refractivity contribution >= 4 is 5.91 Å². The van der Waals surface area contributed by atoms with E-state index in [0.29, 0.717) is 41.9 Å². The SMILES string of the molecule is COc1ccc(OC)c(-c2cc(C(=O)N3CCC(Oc4cnccn4)CC3)n(C)n2)c1. The molecule has 3 aromatic rings. The van der Waals surface area contributed by atoms with Crippen LogP contribution in [-0.4, -0.2) is 64.0 Å². The third kappa shape index (κ3) is 4.45. The van der Waals surface area contributed by atoms with Gasteiger partial charge in [0.15, 0.2) is 0 Å². The van der Waals surface area contributed by atoms with E-state index >= 15 is 0 Å². The van der Waals surface area contributed by atoms with Crippen molar-refractivity contribution in [1.29, 1.82) is 0 Å². The third-order valence-corrected chi connectivity index (χ3v) is 5.34. The number of benzene rings is 1. The molecule has 0 radical (unpaired) electrons. The third-order valence-electron chi connectivity index (χ3n) is 5.34. The molecule has 1 saturated heterocycles. The number of nitrogens with zero attached hydrogens (tertiary/aromatic N) is 5. The lowest BCUT2D eigenvalue weighted by Gasteiger charge is -2.31. The van der Waals surface area contributed by atoms with Crippen molar-refractivity contribution < 1.29 is 19.0 Å². The van der Waals surface area contributed by atoms with Crippen molar-refractivity contribution in [3.05, 3.63) is 48.5 Å². The molecule has 0 atom stereocenters. The Kier molecular flexibility index (Phi) is 6.01. The number of hydrogen-bond acceptors (Lipinski definition) is 7. The second-order valence-corrected chi connectivity index (χ2v) is 7.26. The van der Waals surface area contributed by atoms with E-state index < -0.39 is 0 Å². The molecule has 0 spiro atoms. The number of ether oxygens (including phenoxy) is 3. The largest absolute Gasteiger partial charge is 0.497 e. The molecule has 1 aliphatic heterocycles. The summed E-state index contributed by atoms with van der Waals surface area (Å²) in [5.74, 6) is 1.82. The number of methoxy groups -OCH3 is 2. The van der Waals surface area contributed by atoms with Crippen LogP contribution in [0.4, 0.5) is 0 Å². The standard InChI is InChI=1S/C22H25N5O4/c1-26-19(13-18(25-26)17-12-16(29-2)4-5-20(17)30-3)22(28)27-10-6-15(7-11-27)31-21-14-23-8-9-24-21/h4-5,8-9,12-15H,6-7,10-11H2,1-3H3. The predicted octanol–water partition coefficient (Wildman–Crippen LogP) is 2.58. The first-order valence-electron chi connectivity index (χ1n) is 10.1. The highest BCUT2D eigenvalue weighted by Gasteiger charge is 2.27. The smallest absolute Gasteiger partial charge is 0.272 e. The Labute approximate surface area is 180 Å². The first-order valence-corrected chi connectivity index (χ1v) is 10.1. The Balaban J connectivity index is 1.46. The maximum Gasteiger partial charge on any atom is 0.272 e. The number of carbonyl (C=O) groups excluding carboxylic acids is 1. The summed E-state index contributed by atoms with van der Waals surface area (Å²) in [6.07, 6.45) is 6.29. The first kappa shape index (κ1) is 20.6. The van der Waals surface area contributed by atoms with Crippen molar-refractivity contribution in [2.45, 2.75) is 18.9 Å². The summed E-state index contributed by atoms with van der Waals surface area (Å²) in [6, 6.07) is 7.29.